The molecule has 140 valence electrons. The van der Waals surface area contributed by atoms with Gasteiger partial charge in [-0.3, -0.25) is 10.1 Å². The van der Waals surface area contributed by atoms with Gasteiger partial charge in [0, 0.05) is 18.2 Å². The van der Waals surface area contributed by atoms with Gasteiger partial charge in [0.05, 0.1) is 29.1 Å². The normalized spacial score (nSPS) is 11.2. The summed E-state index contributed by atoms with van der Waals surface area (Å²) in [6.45, 7) is 1.41. The Bertz CT molecular complexity index is 946. The highest BCUT2D eigenvalue weighted by Crippen LogP contribution is 2.30. The van der Waals surface area contributed by atoms with E-state index < -0.39 is 14.9 Å². The third kappa shape index (κ3) is 4.24. The van der Waals surface area contributed by atoms with E-state index in [2.05, 4.69) is 4.72 Å². The molecule has 0 unspecified atom stereocenters. The number of rotatable bonds is 7. The molecule has 2 aromatic carbocycles. The van der Waals surface area contributed by atoms with E-state index in [1.807, 2.05) is 0 Å². The maximum Gasteiger partial charge on any atom is 0.275 e. The molecule has 8 nitrogen and oxygen atoms in total. The number of halogens is 1. The number of hydrogen-bond acceptors (Lipinski definition) is 6. The van der Waals surface area contributed by atoms with Gasteiger partial charge in [0.25, 0.3) is 5.69 Å². The zero-order valence-electron chi connectivity index (χ0n) is 14.3. The van der Waals surface area contributed by atoms with E-state index in [1.165, 1.54) is 27.2 Å². The van der Waals surface area contributed by atoms with Crippen LogP contribution in [0.3, 0.4) is 0 Å². The fourth-order valence-electron chi connectivity index (χ4n) is 2.24. The van der Waals surface area contributed by atoms with Crippen LogP contribution in [0.2, 0.25) is 5.02 Å². The second-order valence-corrected chi connectivity index (χ2v) is 7.49. The molecule has 1 N–H and O–H groups in total. The second-order valence-electron chi connectivity index (χ2n) is 5.32. The van der Waals surface area contributed by atoms with E-state index in [1.54, 1.807) is 18.2 Å². The molecule has 2 rings (SSSR count). The molecule has 0 radical (unpaired) electrons. The number of nitrogens with zero attached hydrogens (tertiary/aromatic N) is 1. The highest BCUT2D eigenvalue weighted by atomic mass is 35.5. The molecule has 0 saturated heterocycles. The molecule has 0 saturated carbocycles. The first-order valence-corrected chi connectivity index (χ1v) is 9.21. The summed E-state index contributed by atoms with van der Waals surface area (Å²) in [5.74, 6) is 0.971. The van der Waals surface area contributed by atoms with Gasteiger partial charge in [0.1, 0.15) is 0 Å². The lowest BCUT2D eigenvalue weighted by Gasteiger charge is -2.11. The Labute approximate surface area is 155 Å². The van der Waals surface area contributed by atoms with Gasteiger partial charge in [-0.2, -0.15) is 0 Å². The van der Waals surface area contributed by atoms with Crippen LogP contribution in [0.4, 0.5) is 5.69 Å². The third-order valence-electron chi connectivity index (χ3n) is 3.71. The molecule has 2 aromatic rings. The zero-order valence-corrected chi connectivity index (χ0v) is 15.8. The first kappa shape index (κ1) is 20.0. The van der Waals surface area contributed by atoms with Gasteiger partial charge in [-0.05, 0) is 30.7 Å². The van der Waals surface area contributed by atoms with E-state index in [0.717, 1.165) is 6.07 Å². The predicted molar refractivity (Wildman–Crippen MR) is 96.4 cm³/mol. The second kappa shape index (κ2) is 7.90. The molecule has 0 aliphatic heterocycles. The van der Waals surface area contributed by atoms with Crippen LogP contribution in [0.1, 0.15) is 11.1 Å². The fourth-order valence-corrected chi connectivity index (χ4v) is 3.58. The van der Waals surface area contributed by atoms with E-state index in [-0.39, 0.29) is 27.7 Å². The minimum Gasteiger partial charge on any atom is -0.493 e. The van der Waals surface area contributed by atoms with Crippen molar-refractivity contribution in [1.29, 1.82) is 0 Å². The lowest BCUT2D eigenvalue weighted by molar-refractivity contribution is -0.385. The van der Waals surface area contributed by atoms with Gasteiger partial charge in [-0.25, -0.2) is 13.1 Å². The number of hydrogen-bond donors (Lipinski definition) is 1. The minimum absolute atomic E-state index is 0.00527. The average molecular weight is 401 g/mol. The predicted octanol–water partition coefficient (Wildman–Crippen LogP) is 3.05. The summed E-state index contributed by atoms with van der Waals surface area (Å²) >= 11 is 5.93. The lowest BCUT2D eigenvalue weighted by Crippen LogP contribution is -2.23. The van der Waals surface area contributed by atoms with Crippen molar-refractivity contribution in [2.45, 2.75) is 18.4 Å². The van der Waals surface area contributed by atoms with Crippen LogP contribution < -0.4 is 14.2 Å². The van der Waals surface area contributed by atoms with Gasteiger partial charge in [-0.15, -0.1) is 0 Å². The van der Waals surface area contributed by atoms with Crippen LogP contribution in [0.15, 0.2) is 35.2 Å². The molecule has 0 aromatic heterocycles. The molecule has 0 aliphatic carbocycles. The molecular formula is C16H17ClN2O6S. The van der Waals surface area contributed by atoms with Crippen LogP contribution in [0, 0.1) is 17.0 Å². The molecule has 0 bridgehead atoms. The van der Waals surface area contributed by atoms with Gasteiger partial charge in [0.15, 0.2) is 11.5 Å². The van der Waals surface area contributed by atoms with Gasteiger partial charge >= 0.3 is 0 Å². The molecule has 26 heavy (non-hydrogen) atoms. The van der Waals surface area contributed by atoms with Gasteiger partial charge in [0.2, 0.25) is 10.0 Å². The first-order valence-electron chi connectivity index (χ1n) is 7.34. The Morgan fingerprint density at radius 2 is 1.81 bits per heavy atom. The summed E-state index contributed by atoms with van der Waals surface area (Å²) in [4.78, 5) is 10.1. The van der Waals surface area contributed by atoms with Crippen LogP contribution in [-0.2, 0) is 16.6 Å². The van der Waals surface area contributed by atoms with Crippen LogP contribution in [-0.4, -0.2) is 27.6 Å². The van der Waals surface area contributed by atoms with E-state index in [4.69, 9.17) is 21.1 Å². The SMILES string of the molecule is COc1ccc(CNS(=O)(=O)c2cc(Cl)c(C)c([N+](=O)[O-])c2)cc1OC. The van der Waals surface area contributed by atoms with Crippen molar-refractivity contribution >= 4 is 27.3 Å². The number of nitrogens with one attached hydrogen (secondary N) is 1. The Morgan fingerprint density at radius 3 is 2.38 bits per heavy atom. The first-order chi connectivity index (χ1) is 12.2. The van der Waals surface area contributed by atoms with Crippen LogP contribution in [0.25, 0.3) is 0 Å². The summed E-state index contributed by atoms with van der Waals surface area (Å²) in [5, 5.41) is 11.1. The van der Waals surface area contributed by atoms with Crippen LogP contribution in [0.5, 0.6) is 11.5 Å². The van der Waals surface area contributed by atoms with Crippen molar-refractivity contribution in [3.8, 4) is 11.5 Å². The summed E-state index contributed by atoms with van der Waals surface area (Å²) in [5.41, 5.74) is 0.471. The standard InChI is InChI=1S/C16H17ClN2O6S/c1-10-13(17)7-12(8-14(10)19(20)21)26(22,23)18-9-11-4-5-15(24-2)16(6-11)25-3/h4-8,18H,9H2,1-3H3. The summed E-state index contributed by atoms with van der Waals surface area (Å²) in [6, 6.07) is 7.12. The number of benzene rings is 2. The van der Waals surface area contributed by atoms with Crippen LogP contribution >= 0.6 is 11.6 Å². The van der Waals surface area contributed by atoms with Crippen molar-refractivity contribution < 1.29 is 22.8 Å². The van der Waals surface area contributed by atoms with E-state index >= 15 is 0 Å². The van der Waals surface area contributed by atoms with Gasteiger partial charge < -0.3 is 9.47 Å². The number of methoxy groups -OCH3 is 2. The zero-order chi connectivity index (χ0) is 19.5. The topological polar surface area (TPSA) is 108 Å². The number of nitro groups is 1. The molecule has 0 amide bonds. The fraction of sp³-hybridized carbons (Fsp3) is 0.250. The van der Waals surface area contributed by atoms with Crippen molar-refractivity contribution in [3.63, 3.8) is 0 Å². The summed E-state index contributed by atoms with van der Waals surface area (Å²) in [7, 11) is -1.03. The van der Waals surface area contributed by atoms with Crippen molar-refractivity contribution in [2.75, 3.05) is 14.2 Å². The molecule has 10 heteroatoms. The molecule has 0 fully saturated rings. The maximum absolute atomic E-state index is 12.5. The Kier molecular flexibility index (Phi) is 6.06. The van der Waals surface area contributed by atoms with E-state index in [9.17, 15) is 18.5 Å². The highest BCUT2D eigenvalue weighted by Gasteiger charge is 2.22. The number of sulfonamides is 1. The lowest BCUT2D eigenvalue weighted by atomic mass is 10.2. The van der Waals surface area contributed by atoms with Crippen molar-refractivity contribution in [1.82, 2.24) is 4.72 Å². The maximum atomic E-state index is 12.5. The monoisotopic (exact) mass is 400 g/mol. The average Bonchev–Trinajstić information content (AvgIpc) is 2.61. The molecule has 0 spiro atoms. The Balaban J connectivity index is 2.28. The van der Waals surface area contributed by atoms with Gasteiger partial charge in [-0.1, -0.05) is 17.7 Å². The number of nitro benzene ring substituents is 1. The summed E-state index contributed by atoms with van der Waals surface area (Å²) in [6.07, 6.45) is 0. The number of ether oxygens (including phenoxy) is 2. The smallest absolute Gasteiger partial charge is 0.275 e. The van der Waals surface area contributed by atoms with E-state index in [0.29, 0.717) is 17.1 Å². The minimum atomic E-state index is -4.00. The molecule has 0 heterocycles. The van der Waals surface area contributed by atoms with Crippen molar-refractivity contribution in [3.05, 3.63) is 56.6 Å². The molecule has 0 aliphatic rings. The Morgan fingerprint density at radius 1 is 1.15 bits per heavy atom. The third-order valence-corrected chi connectivity index (χ3v) is 5.48. The highest BCUT2D eigenvalue weighted by molar-refractivity contribution is 7.89. The van der Waals surface area contributed by atoms with Crippen molar-refractivity contribution in [2.24, 2.45) is 0 Å². The largest absolute Gasteiger partial charge is 0.493 e. The summed E-state index contributed by atoms with van der Waals surface area (Å²) < 4.78 is 37.6. The Hall–Kier alpha value is -2.36. The molecule has 0 atom stereocenters. The quantitative estimate of drug-likeness (QED) is 0.565. The molecular weight excluding hydrogens is 384 g/mol.